The summed E-state index contributed by atoms with van der Waals surface area (Å²) in [6.07, 6.45) is 1.17. The van der Waals surface area contributed by atoms with Gasteiger partial charge in [-0.15, -0.1) is 0 Å². The number of rotatable bonds is 1. The maximum absolute atomic E-state index is 2.49. The minimum absolute atomic E-state index is 0.220. The Bertz CT molecular complexity index is 362. The Balaban J connectivity index is 2.30. The SMILES string of the molecule is CC(C)(C)N1CCB=C1c1ccccc1. The van der Waals surface area contributed by atoms with Crippen LogP contribution in [-0.2, 0) is 0 Å². The number of hydrogen-bond donors (Lipinski definition) is 0. The average Bonchev–Trinajstić information content (AvgIpc) is 2.67. The van der Waals surface area contributed by atoms with E-state index in [0.717, 1.165) is 6.54 Å². The van der Waals surface area contributed by atoms with Crippen LogP contribution in [0.2, 0.25) is 6.32 Å². The molecule has 0 saturated carbocycles. The molecule has 0 aliphatic carbocycles. The van der Waals surface area contributed by atoms with Gasteiger partial charge in [0.05, 0.1) is 0 Å². The molecule has 0 aromatic heterocycles. The second kappa shape index (κ2) is 3.84. The van der Waals surface area contributed by atoms with Gasteiger partial charge in [-0.3, -0.25) is 0 Å². The number of benzene rings is 1. The Morgan fingerprint density at radius 1 is 1.13 bits per heavy atom. The Hall–Kier alpha value is -1.05. The summed E-state index contributed by atoms with van der Waals surface area (Å²) in [5, 5.41) is 0. The molecular weight excluding hydrogens is 181 g/mol. The molecule has 15 heavy (non-hydrogen) atoms. The molecule has 2 rings (SSSR count). The molecule has 1 aromatic rings. The van der Waals surface area contributed by atoms with E-state index in [-0.39, 0.29) is 5.54 Å². The van der Waals surface area contributed by atoms with Gasteiger partial charge in [-0.2, -0.15) is 0 Å². The molecule has 1 heterocycles. The maximum atomic E-state index is 2.49. The fourth-order valence-electron chi connectivity index (χ4n) is 2.14. The Labute approximate surface area is 93.0 Å². The van der Waals surface area contributed by atoms with Gasteiger partial charge in [-0.25, -0.2) is 0 Å². The molecule has 0 bridgehead atoms. The first kappa shape index (κ1) is 10.5. The fraction of sp³-hybridized carbons (Fsp3) is 0.462. The van der Waals surface area contributed by atoms with Crippen molar-refractivity contribution in [3.8, 4) is 0 Å². The standard InChI is InChI=1S/C13H18BN/c1-13(2,3)15-10-9-14-12(15)11-7-5-4-6-8-11/h4-8H,9-10H2,1-3H3. The van der Waals surface area contributed by atoms with Crippen molar-refractivity contribution < 1.29 is 0 Å². The molecule has 0 N–H and O–H groups in total. The Morgan fingerprint density at radius 3 is 2.40 bits per heavy atom. The Kier molecular flexibility index (Phi) is 2.68. The zero-order chi connectivity index (χ0) is 10.9. The molecule has 1 aliphatic rings. The van der Waals surface area contributed by atoms with Crippen molar-refractivity contribution in [2.75, 3.05) is 6.54 Å². The molecule has 1 aliphatic heterocycles. The van der Waals surface area contributed by atoms with E-state index in [0.29, 0.717) is 0 Å². The van der Waals surface area contributed by atoms with E-state index in [1.54, 1.807) is 0 Å². The van der Waals surface area contributed by atoms with Gasteiger partial charge >= 0.3 is 92.5 Å². The molecule has 0 unspecified atom stereocenters. The molecule has 0 spiro atoms. The summed E-state index contributed by atoms with van der Waals surface area (Å²) in [5.41, 5.74) is 2.95. The predicted octanol–water partition coefficient (Wildman–Crippen LogP) is 2.40. The third-order valence-corrected chi connectivity index (χ3v) is 2.86. The van der Waals surface area contributed by atoms with Crippen molar-refractivity contribution in [2.45, 2.75) is 32.6 Å². The first-order valence-corrected chi connectivity index (χ1v) is 5.62. The van der Waals surface area contributed by atoms with Crippen molar-refractivity contribution in [2.24, 2.45) is 0 Å². The van der Waals surface area contributed by atoms with Gasteiger partial charge in [0, 0.05) is 0 Å². The van der Waals surface area contributed by atoms with E-state index in [1.165, 1.54) is 17.5 Å². The molecular formula is C13H18BN. The molecule has 0 saturated heterocycles. The van der Waals surface area contributed by atoms with Crippen LogP contribution in [0.1, 0.15) is 26.3 Å². The van der Waals surface area contributed by atoms with E-state index in [4.69, 9.17) is 0 Å². The molecule has 0 amide bonds. The average molecular weight is 199 g/mol. The van der Waals surface area contributed by atoms with Gasteiger partial charge in [0.15, 0.2) is 0 Å². The molecule has 0 fully saturated rings. The van der Waals surface area contributed by atoms with E-state index in [1.807, 2.05) is 0 Å². The first-order valence-electron chi connectivity index (χ1n) is 5.62. The van der Waals surface area contributed by atoms with Crippen molar-refractivity contribution in [3.05, 3.63) is 35.9 Å². The van der Waals surface area contributed by atoms with Crippen LogP contribution in [0.3, 0.4) is 0 Å². The normalized spacial score (nSPS) is 16.2. The van der Waals surface area contributed by atoms with E-state index in [2.05, 4.69) is 62.9 Å². The summed E-state index contributed by atoms with van der Waals surface area (Å²) in [6.45, 7) is 10.3. The third kappa shape index (κ3) is 2.14. The summed E-state index contributed by atoms with van der Waals surface area (Å²) in [5.74, 6) is 0. The van der Waals surface area contributed by atoms with E-state index >= 15 is 0 Å². The van der Waals surface area contributed by atoms with Crippen LogP contribution in [0, 0.1) is 0 Å². The van der Waals surface area contributed by atoms with Gasteiger partial charge in [0.2, 0.25) is 0 Å². The summed E-state index contributed by atoms with van der Waals surface area (Å²) < 4.78 is 0. The summed E-state index contributed by atoms with van der Waals surface area (Å²) >= 11 is 0. The first-order chi connectivity index (χ1) is 7.09. The number of nitrogens with zero attached hydrogens (tertiary/aromatic N) is 1. The topological polar surface area (TPSA) is 3.24 Å². The zero-order valence-electron chi connectivity index (χ0n) is 9.83. The number of hydrogen-bond acceptors (Lipinski definition) is 1. The second-order valence-electron chi connectivity index (χ2n) is 5.07. The van der Waals surface area contributed by atoms with Crippen LogP contribution in [0.25, 0.3) is 0 Å². The molecule has 0 atom stereocenters. The van der Waals surface area contributed by atoms with Crippen LogP contribution in [0.4, 0.5) is 0 Å². The van der Waals surface area contributed by atoms with E-state index < -0.39 is 0 Å². The molecule has 1 aromatic carbocycles. The van der Waals surface area contributed by atoms with Gasteiger partial charge in [-0.05, 0) is 0 Å². The summed E-state index contributed by atoms with van der Waals surface area (Å²) in [4.78, 5) is 2.49. The van der Waals surface area contributed by atoms with Crippen LogP contribution in [-0.4, -0.2) is 29.5 Å². The molecule has 0 radical (unpaired) electrons. The summed E-state index contributed by atoms with van der Waals surface area (Å²) in [6, 6.07) is 10.7. The van der Waals surface area contributed by atoms with Crippen molar-refractivity contribution in [1.82, 2.24) is 4.90 Å². The quantitative estimate of drug-likeness (QED) is 0.627. The fourth-order valence-corrected chi connectivity index (χ4v) is 2.14. The molecule has 1 nitrogen and oxygen atoms in total. The second-order valence-corrected chi connectivity index (χ2v) is 5.07. The molecule has 78 valence electrons. The van der Waals surface area contributed by atoms with Gasteiger partial charge < -0.3 is 0 Å². The van der Waals surface area contributed by atoms with Gasteiger partial charge in [0.1, 0.15) is 0 Å². The minimum atomic E-state index is 0.220. The monoisotopic (exact) mass is 199 g/mol. The van der Waals surface area contributed by atoms with Crippen molar-refractivity contribution in [1.29, 1.82) is 0 Å². The van der Waals surface area contributed by atoms with Crippen LogP contribution >= 0.6 is 0 Å². The Morgan fingerprint density at radius 2 is 1.80 bits per heavy atom. The van der Waals surface area contributed by atoms with Crippen molar-refractivity contribution in [3.63, 3.8) is 0 Å². The van der Waals surface area contributed by atoms with E-state index in [9.17, 15) is 0 Å². The summed E-state index contributed by atoms with van der Waals surface area (Å²) in [7, 11) is 0. The van der Waals surface area contributed by atoms with Gasteiger partial charge in [-0.1, -0.05) is 0 Å². The van der Waals surface area contributed by atoms with Crippen LogP contribution in [0.15, 0.2) is 30.3 Å². The molecule has 2 heteroatoms. The van der Waals surface area contributed by atoms with Crippen molar-refractivity contribution >= 4 is 12.5 Å². The predicted molar refractivity (Wildman–Crippen MR) is 67.6 cm³/mol. The third-order valence-electron chi connectivity index (χ3n) is 2.86. The van der Waals surface area contributed by atoms with Gasteiger partial charge in [0.25, 0.3) is 0 Å². The van der Waals surface area contributed by atoms with Crippen LogP contribution in [0.5, 0.6) is 0 Å². The van der Waals surface area contributed by atoms with Crippen LogP contribution < -0.4 is 0 Å². The zero-order valence-corrected chi connectivity index (χ0v) is 9.83.